The Labute approximate surface area is 79.7 Å². The van der Waals surface area contributed by atoms with Gasteiger partial charge in [-0.25, -0.2) is 0 Å². The average molecular weight is 178 g/mol. The van der Waals surface area contributed by atoms with E-state index in [1.54, 1.807) is 0 Å². The van der Waals surface area contributed by atoms with Crippen molar-refractivity contribution in [2.24, 2.45) is 12.8 Å². The SMILES string of the molecule is Cn1cccc1C(C)(C)C1(N)CC1. The first-order chi connectivity index (χ1) is 5.97. The van der Waals surface area contributed by atoms with Gasteiger partial charge >= 0.3 is 0 Å². The Bertz CT molecular complexity index is 319. The summed E-state index contributed by atoms with van der Waals surface area (Å²) < 4.78 is 2.17. The van der Waals surface area contributed by atoms with Crippen LogP contribution in [0.15, 0.2) is 18.3 Å². The molecule has 0 atom stereocenters. The fourth-order valence-electron chi connectivity index (χ4n) is 2.13. The summed E-state index contributed by atoms with van der Waals surface area (Å²) in [6.45, 7) is 4.49. The van der Waals surface area contributed by atoms with Gasteiger partial charge in [-0.2, -0.15) is 0 Å². The van der Waals surface area contributed by atoms with E-state index in [2.05, 4.69) is 43.8 Å². The minimum absolute atomic E-state index is 0.0408. The van der Waals surface area contributed by atoms with E-state index >= 15 is 0 Å². The van der Waals surface area contributed by atoms with E-state index in [-0.39, 0.29) is 11.0 Å². The first-order valence-electron chi connectivity index (χ1n) is 4.88. The molecule has 1 aliphatic rings. The fraction of sp³-hybridized carbons (Fsp3) is 0.636. The van der Waals surface area contributed by atoms with Crippen LogP contribution in [-0.2, 0) is 12.5 Å². The lowest BCUT2D eigenvalue weighted by molar-refractivity contribution is 0.371. The van der Waals surface area contributed by atoms with Crippen LogP contribution in [0.1, 0.15) is 32.4 Å². The molecule has 13 heavy (non-hydrogen) atoms. The van der Waals surface area contributed by atoms with E-state index in [0.717, 1.165) is 12.8 Å². The molecule has 2 rings (SSSR count). The molecule has 1 heterocycles. The van der Waals surface area contributed by atoms with Gasteiger partial charge in [0.1, 0.15) is 0 Å². The highest BCUT2D eigenvalue weighted by Crippen LogP contribution is 2.48. The number of hydrogen-bond donors (Lipinski definition) is 1. The van der Waals surface area contributed by atoms with Crippen LogP contribution in [0, 0.1) is 0 Å². The van der Waals surface area contributed by atoms with E-state index in [1.165, 1.54) is 5.69 Å². The van der Waals surface area contributed by atoms with Crippen LogP contribution >= 0.6 is 0 Å². The Morgan fingerprint density at radius 2 is 2.08 bits per heavy atom. The highest BCUT2D eigenvalue weighted by atomic mass is 15.0. The lowest BCUT2D eigenvalue weighted by Gasteiger charge is -2.32. The maximum Gasteiger partial charge on any atom is 0.0262 e. The molecule has 0 spiro atoms. The second kappa shape index (κ2) is 2.38. The minimum atomic E-state index is 0.0408. The van der Waals surface area contributed by atoms with Gasteiger partial charge < -0.3 is 10.3 Å². The second-order valence-corrected chi connectivity index (χ2v) is 4.79. The maximum absolute atomic E-state index is 6.27. The van der Waals surface area contributed by atoms with Crippen molar-refractivity contribution in [1.82, 2.24) is 4.57 Å². The van der Waals surface area contributed by atoms with E-state index in [9.17, 15) is 0 Å². The zero-order chi connectivity index (χ0) is 9.69. The molecule has 0 unspecified atom stereocenters. The van der Waals surface area contributed by atoms with Gasteiger partial charge in [-0.05, 0) is 25.0 Å². The van der Waals surface area contributed by atoms with Gasteiger partial charge in [0.05, 0.1) is 0 Å². The van der Waals surface area contributed by atoms with Crippen molar-refractivity contribution in [3.63, 3.8) is 0 Å². The molecule has 2 nitrogen and oxygen atoms in total. The van der Waals surface area contributed by atoms with Crippen molar-refractivity contribution in [2.45, 2.75) is 37.6 Å². The zero-order valence-electron chi connectivity index (χ0n) is 8.67. The van der Waals surface area contributed by atoms with E-state index in [1.807, 2.05) is 0 Å². The van der Waals surface area contributed by atoms with Crippen LogP contribution in [0.2, 0.25) is 0 Å². The van der Waals surface area contributed by atoms with Crippen molar-refractivity contribution in [2.75, 3.05) is 0 Å². The molecule has 0 amide bonds. The van der Waals surface area contributed by atoms with E-state index in [0.29, 0.717) is 0 Å². The molecule has 0 radical (unpaired) electrons. The Morgan fingerprint density at radius 3 is 2.46 bits per heavy atom. The lowest BCUT2D eigenvalue weighted by atomic mass is 9.79. The van der Waals surface area contributed by atoms with Crippen LogP contribution in [0.3, 0.4) is 0 Å². The fourth-order valence-corrected chi connectivity index (χ4v) is 2.13. The van der Waals surface area contributed by atoms with Gasteiger partial charge in [0.25, 0.3) is 0 Å². The molecule has 0 bridgehead atoms. The smallest absolute Gasteiger partial charge is 0.0262 e. The van der Waals surface area contributed by atoms with Gasteiger partial charge in [0, 0.05) is 29.9 Å². The van der Waals surface area contributed by atoms with Crippen LogP contribution < -0.4 is 5.73 Å². The molecular formula is C11H18N2. The average Bonchev–Trinajstić information content (AvgIpc) is 2.63. The third kappa shape index (κ3) is 1.12. The summed E-state index contributed by atoms with van der Waals surface area (Å²) in [5, 5.41) is 0. The normalized spacial score (nSPS) is 20.3. The molecular weight excluding hydrogens is 160 g/mol. The third-order valence-corrected chi connectivity index (χ3v) is 3.62. The molecule has 1 fully saturated rings. The molecule has 0 aromatic carbocycles. The molecule has 1 aromatic rings. The first-order valence-corrected chi connectivity index (χ1v) is 4.88. The summed E-state index contributed by atoms with van der Waals surface area (Å²) in [5.41, 5.74) is 7.75. The number of hydrogen-bond acceptors (Lipinski definition) is 1. The first kappa shape index (κ1) is 8.82. The number of rotatable bonds is 2. The van der Waals surface area contributed by atoms with E-state index in [4.69, 9.17) is 5.73 Å². The summed E-state index contributed by atoms with van der Waals surface area (Å²) >= 11 is 0. The summed E-state index contributed by atoms with van der Waals surface area (Å²) in [5.74, 6) is 0. The predicted octanol–water partition coefficient (Wildman–Crippen LogP) is 1.79. The van der Waals surface area contributed by atoms with E-state index < -0.39 is 0 Å². The largest absolute Gasteiger partial charge is 0.354 e. The Hall–Kier alpha value is -0.760. The topological polar surface area (TPSA) is 30.9 Å². The van der Waals surface area contributed by atoms with Crippen molar-refractivity contribution < 1.29 is 0 Å². The number of aromatic nitrogens is 1. The van der Waals surface area contributed by atoms with Crippen LogP contribution in [0.5, 0.6) is 0 Å². The molecule has 1 saturated carbocycles. The van der Waals surface area contributed by atoms with Crippen LogP contribution in [0.25, 0.3) is 0 Å². The summed E-state index contributed by atoms with van der Waals surface area (Å²) in [4.78, 5) is 0. The molecule has 72 valence electrons. The zero-order valence-corrected chi connectivity index (χ0v) is 8.67. The predicted molar refractivity (Wildman–Crippen MR) is 54.6 cm³/mol. The Morgan fingerprint density at radius 1 is 1.46 bits per heavy atom. The molecule has 2 heteroatoms. The molecule has 2 N–H and O–H groups in total. The molecule has 1 aromatic heterocycles. The van der Waals surface area contributed by atoms with Gasteiger partial charge in [-0.1, -0.05) is 13.8 Å². The number of nitrogens with zero attached hydrogens (tertiary/aromatic N) is 1. The minimum Gasteiger partial charge on any atom is -0.354 e. The Kier molecular flexibility index (Phi) is 1.62. The summed E-state index contributed by atoms with van der Waals surface area (Å²) in [6.07, 6.45) is 4.40. The lowest BCUT2D eigenvalue weighted by Crippen LogP contribution is -2.44. The van der Waals surface area contributed by atoms with Crippen molar-refractivity contribution in [3.8, 4) is 0 Å². The standard InChI is InChI=1S/C11H18N2/c1-10(2,11(12)6-7-11)9-5-4-8-13(9)3/h4-5,8H,6-7,12H2,1-3H3. The maximum atomic E-state index is 6.27. The third-order valence-electron chi connectivity index (χ3n) is 3.62. The van der Waals surface area contributed by atoms with Crippen molar-refractivity contribution >= 4 is 0 Å². The molecule has 0 aliphatic heterocycles. The highest BCUT2D eigenvalue weighted by molar-refractivity contribution is 5.28. The van der Waals surface area contributed by atoms with Gasteiger partial charge in [0.15, 0.2) is 0 Å². The number of aryl methyl sites for hydroxylation is 1. The molecule has 0 saturated heterocycles. The van der Waals surface area contributed by atoms with Gasteiger partial charge in [-0.15, -0.1) is 0 Å². The highest BCUT2D eigenvalue weighted by Gasteiger charge is 2.52. The second-order valence-electron chi connectivity index (χ2n) is 4.79. The van der Waals surface area contributed by atoms with Crippen molar-refractivity contribution in [3.05, 3.63) is 24.0 Å². The quantitative estimate of drug-likeness (QED) is 0.735. The van der Waals surface area contributed by atoms with Crippen LogP contribution in [0.4, 0.5) is 0 Å². The summed E-state index contributed by atoms with van der Waals surface area (Å²) in [6, 6.07) is 4.26. The van der Waals surface area contributed by atoms with Crippen LogP contribution in [-0.4, -0.2) is 10.1 Å². The van der Waals surface area contributed by atoms with Crippen molar-refractivity contribution in [1.29, 1.82) is 0 Å². The Balaban J connectivity index is 2.40. The molecule has 1 aliphatic carbocycles. The summed E-state index contributed by atoms with van der Waals surface area (Å²) in [7, 11) is 2.09. The monoisotopic (exact) mass is 178 g/mol. The number of nitrogens with two attached hydrogens (primary N) is 1. The van der Waals surface area contributed by atoms with Gasteiger partial charge in [-0.3, -0.25) is 0 Å². The van der Waals surface area contributed by atoms with Gasteiger partial charge in [0.2, 0.25) is 0 Å².